The van der Waals surface area contributed by atoms with Gasteiger partial charge in [0.25, 0.3) is 0 Å². The van der Waals surface area contributed by atoms with Crippen molar-refractivity contribution in [3.8, 4) is 6.07 Å². The van der Waals surface area contributed by atoms with E-state index in [1.165, 1.54) is 5.75 Å². The normalized spacial score (nSPS) is 33.2. The lowest BCUT2D eigenvalue weighted by Crippen LogP contribution is -2.28. The van der Waals surface area contributed by atoms with E-state index in [1.807, 2.05) is 11.8 Å². The van der Waals surface area contributed by atoms with Crippen LogP contribution in [0.15, 0.2) is 0 Å². The molecule has 2 N–H and O–H groups in total. The third-order valence-corrected chi connectivity index (χ3v) is 3.09. The first-order chi connectivity index (χ1) is 4.88. The van der Waals surface area contributed by atoms with Crippen LogP contribution in [0.1, 0.15) is 6.42 Å². The van der Waals surface area contributed by atoms with E-state index in [-0.39, 0.29) is 5.92 Å². The Morgan fingerprint density at radius 1 is 1.70 bits per heavy atom. The summed E-state index contributed by atoms with van der Waals surface area (Å²) in [6.07, 6.45) is 1.12. The Morgan fingerprint density at radius 3 is 3.00 bits per heavy atom. The van der Waals surface area contributed by atoms with Crippen molar-refractivity contribution < 1.29 is 0 Å². The quantitative estimate of drug-likeness (QED) is 0.612. The van der Waals surface area contributed by atoms with Crippen molar-refractivity contribution in [3.05, 3.63) is 0 Å². The number of hydrogen-bond acceptors (Lipinski definition) is 3. The first-order valence-corrected chi connectivity index (χ1v) is 4.71. The molecular weight excluding hydrogens is 144 g/mol. The standard InChI is InChI=1S/C7H12N2S/c8-3-6-1-2-10-5-7(6)4-9/h6-7H,1-3,5,8H2. The molecule has 0 spiro atoms. The lowest BCUT2D eigenvalue weighted by atomic mass is 9.92. The second kappa shape index (κ2) is 3.85. The number of nitriles is 1. The molecule has 0 aromatic heterocycles. The number of thioether (sulfide) groups is 1. The van der Waals surface area contributed by atoms with Gasteiger partial charge >= 0.3 is 0 Å². The Bertz CT molecular complexity index is 141. The molecule has 1 heterocycles. The first kappa shape index (κ1) is 7.90. The van der Waals surface area contributed by atoms with Crippen molar-refractivity contribution >= 4 is 11.8 Å². The maximum atomic E-state index is 8.67. The van der Waals surface area contributed by atoms with Crippen molar-refractivity contribution in [2.45, 2.75) is 6.42 Å². The number of nitrogens with zero attached hydrogens (tertiary/aromatic N) is 1. The van der Waals surface area contributed by atoms with Crippen LogP contribution in [0.25, 0.3) is 0 Å². The summed E-state index contributed by atoms with van der Waals surface area (Å²) in [6, 6.07) is 2.30. The van der Waals surface area contributed by atoms with Crippen molar-refractivity contribution in [1.29, 1.82) is 5.26 Å². The molecule has 1 saturated heterocycles. The summed E-state index contributed by atoms with van der Waals surface area (Å²) >= 11 is 1.87. The van der Waals surface area contributed by atoms with Crippen LogP contribution in [0.5, 0.6) is 0 Å². The Morgan fingerprint density at radius 2 is 2.50 bits per heavy atom. The predicted octanol–water partition coefficient (Wildman–Crippen LogP) is 0.838. The van der Waals surface area contributed by atoms with Crippen molar-refractivity contribution in [3.63, 3.8) is 0 Å². The average Bonchev–Trinajstić information content (AvgIpc) is 2.04. The molecule has 2 nitrogen and oxygen atoms in total. The van der Waals surface area contributed by atoms with Gasteiger partial charge in [-0.2, -0.15) is 17.0 Å². The molecule has 10 heavy (non-hydrogen) atoms. The van der Waals surface area contributed by atoms with Crippen molar-refractivity contribution in [2.75, 3.05) is 18.1 Å². The van der Waals surface area contributed by atoms with E-state index in [1.54, 1.807) is 0 Å². The lowest BCUT2D eigenvalue weighted by molar-refractivity contribution is 0.423. The van der Waals surface area contributed by atoms with Gasteiger partial charge in [0.05, 0.1) is 12.0 Å². The third kappa shape index (κ3) is 1.65. The van der Waals surface area contributed by atoms with Gasteiger partial charge in [-0.1, -0.05) is 0 Å². The zero-order chi connectivity index (χ0) is 7.40. The zero-order valence-electron chi connectivity index (χ0n) is 5.92. The average molecular weight is 156 g/mol. The van der Waals surface area contributed by atoms with Crippen molar-refractivity contribution in [2.24, 2.45) is 17.6 Å². The van der Waals surface area contributed by atoms with Crippen LogP contribution in [-0.4, -0.2) is 18.1 Å². The Hall–Kier alpha value is -0.200. The van der Waals surface area contributed by atoms with Gasteiger partial charge in [-0.05, 0) is 24.6 Å². The molecule has 0 aromatic carbocycles. The smallest absolute Gasteiger partial charge is 0.0667 e. The minimum atomic E-state index is 0.212. The van der Waals surface area contributed by atoms with E-state index in [0.29, 0.717) is 12.5 Å². The van der Waals surface area contributed by atoms with Gasteiger partial charge in [-0.25, -0.2) is 0 Å². The largest absolute Gasteiger partial charge is 0.330 e. The van der Waals surface area contributed by atoms with E-state index in [2.05, 4.69) is 6.07 Å². The van der Waals surface area contributed by atoms with Gasteiger partial charge < -0.3 is 5.73 Å². The summed E-state index contributed by atoms with van der Waals surface area (Å²) in [5, 5.41) is 8.67. The van der Waals surface area contributed by atoms with E-state index >= 15 is 0 Å². The van der Waals surface area contributed by atoms with E-state index in [9.17, 15) is 0 Å². The predicted molar refractivity (Wildman–Crippen MR) is 43.6 cm³/mol. The maximum Gasteiger partial charge on any atom is 0.0667 e. The molecule has 2 unspecified atom stereocenters. The number of hydrogen-bond donors (Lipinski definition) is 1. The second-order valence-electron chi connectivity index (χ2n) is 2.59. The van der Waals surface area contributed by atoms with Gasteiger partial charge in [0.2, 0.25) is 0 Å². The molecule has 0 saturated carbocycles. The molecule has 1 fully saturated rings. The molecule has 0 bridgehead atoms. The van der Waals surface area contributed by atoms with E-state index in [0.717, 1.165) is 12.2 Å². The van der Waals surface area contributed by atoms with Crippen LogP contribution in [0, 0.1) is 23.2 Å². The van der Waals surface area contributed by atoms with Gasteiger partial charge in [0, 0.05) is 5.75 Å². The molecule has 0 amide bonds. The molecular formula is C7H12N2S. The Balaban J connectivity index is 2.44. The van der Waals surface area contributed by atoms with Crippen LogP contribution < -0.4 is 5.73 Å². The highest BCUT2D eigenvalue weighted by Gasteiger charge is 2.23. The van der Waals surface area contributed by atoms with Gasteiger partial charge in [0.15, 0.2) is 0 Å². The summed E-state index contributed by atoms with van der Waals surface area (Å²) in [5.41, 5.74) is 5.51. The Labute approximate surface area is 65.8 Å². The first-order valence-electron chi connectivity index (χ1n) is 3.56. The summed E-state index contributed by atoms with van der Waals surface area (Å²) in [7, 11) is 0. The van der Waals surface area contributed by atoms with Crippen LogP contribution in [-0.2, 0) is 0 Å². The lowest BCUT2D eigenvalue weighted by Gasteiger charge is -2.24. The third-order valence-electron chi connectivity index (χ3n) is 1.97. The molecule has 1 rings (SSSR count). The second-order valence-corrected chi connectivity index (χ2v) is 3.74. The van der Waals surface area contributed by atoms with Gasteiger partial charge in [0.1, 0.15) is 0 Å². The summed E-state index contributed by atoms with van der Waals surface area (Å²) < 4.78 is 0. The maximum absolute atomic E-state index is 8.67. The Kier molecular flexibility index (Phi) is 3.04. The number of nitrogens with two attached hydrogens (primary N) is 1. The number of rotatable bonds is 1. The SMILES string of the molecule is N#CC1CSCCC1CN. The van der Waals surface area contributed by atoms with E-state index in [4.69, 9.17) is 11.0 Å². The molecule has 0 aliphatic carbocycles. The topological polar surface area (TPSA) is 49.8 Å². The molecule has 1 aliphatic heterocycles. The monoisotopic (exact) mass is 156 g/mol. The summed E-state index contributed by atoms with van der Waals surface area (Å²) in [6.45, 7) is 0.679. The minimum Gasteiger partial charge on any atom is -0.330 e. The summed E-state index contributed by atoms with van der Waals surface area (Å²) in [4.78, 5) is 0. The van der Waals surface area contributed by atoms with Crippen LogP contribution in [0.4, 0.5) is 0 Å². The van der Waals surface area contributed by atoms with Crippen LogP contribution in [0.2, 0.25) is 0 Å². The van der Waals surface area contributed by atoms with Gasteiger partial charge in [-0.15, -0.1) is 0 Å². The van der Waals surface area contributed by atoms with E-state index < -0.39 is 0 Å². The molecule has 2 atom stereocenters. The fraction of sp³-hybridized carbons (Fsp3) is 0.857. The molecule has 0 aromatic rings. The fourth-order valence-corrected chi connectivity index (χ4v) is 2.44. The minimum absolute atomic E-state index is 0.212. The van der Waals surface area contributed by atoms with Gasteiger partial charge in [-0.3, -0.25) is 0 Å². The molecule has 56 valence electrons. The van der Waals surface area contributed by atoms with Crippen molar-refractivity contribution in [1.82, 2.24) is 0 Å². The molecule has 0 radical (unpaired) electrons. The highest BCUT2D eigenvalue weighted by atomic mass is 32.2. The highest BCUT2D eigenvalue weighted by Crippen LogP contribution is 2.26. The highest BCUT2D eigenvalue weighted by molar-refractivity contribution is 7.99. The summed E-state index contributed by atoms with van der Waals surface area (Å²) in [5.74, 6) is 2.84. The fourth-order valence-electron chi connectivity index (χ4n) is 1.21. The molecule has 3 heteroatoms. The zero-order valence-corrected chi connectivity index (χ0v) is 6.73. The van der Waals surface area contributed by atoms with Crippen LogP contribution >= 0.6 is 11.8 Å². The van der Waals surface area contributed by atoms with Crippen LogP contribution in [0.3, 0.4) is 0 Å². The molecule has 1 aliphatic rings.